The zero-order valence-electron chi connectivity index (χ0n) is 35.2. The van der Waals surface area contributed by atoms with Gasteiger partial charge >= 0.3 is 0 Å². The number of anilines is 4. The molecule has 0 fully saturated rings. The average Bonchev–Trinajstić information content (AvgIpc) is 3.31. The zero-order chi connectivity index (χ0) is 45.6. The summed E-state index contributed by atoms with van der Waals surface area (Å²) in [6.45, 7) is -1.34. The number of nitrogens with one attached hydrogen (secondary N) is 1. The number of amides is 2. The Morgan fingerprint density at radius 2 is 1.28 bits per heavy atom. The lowest BCUT2D eigenvalue weighted by atomic mass is 9.87. The molecule has 0 spiro atoms. The van der Waals surface area contributed by atoms with Crippen LogP contribution in [0.5, 0.6) is 23.0 Å². The summed E-state index contributed by atoms with van der Waals surface area (Å²) in [6, 6.07) is 32.7. The maximum atomic E-state index is 14.8. The predicted octanol–water partition coefficient (Wildman–Crippen LogP) is 6.66. The Hall–Kier alpha value is -7.18. The van der Waals surface area contributed by atoms with E-state index in [1.54, 1.807) is 60.7 Å². The summed E-state index contributed by atoms with van der Waals surface area (Å²) in [4.78, 5) is 33.0. The van der Waals surface area contributed by atoms with E-state index in [0.717, 1.165) is 26.4 Å². The van der Waals surface area contributed by atoms with E-state index in [1.165, 1.54) is 81.9 Å². The minimum atomic E-state index is -4.59. The number of pyridine rings is 1. The molecule has 1 N–H and O–H groups in total. The molecule has 7 rings (SSSR count). The second kappa shape index (κ2) is 19.1. The summed E-state index contributed by atoms with van der Waals surface area (Å²) in [5, 5.41) is 2.53. The summed E-state index contributed by atoms with van der Waals surface area (Å²) >= 11 is 0. The maximum Gasteiger partial charge on any atom is 0.264 e. The molecule has 0 radical (unpaired) electrons. The molecule has 64 heavy (non-hydrogen) atoms. The van der Waals surface area contributed by atoms with Gasteiger partial charge in [-0.15, -0.1) is 0 Å². The Balaban J connectivity index is 1.25. The van der Waals surface area contributed by atoms with Crippen LogP contribution in [0.4, 0.5) is 27.1 Å². The number of nitrogens with zero attached hydrogens (tertiary/aromatic N) is 4. The molecule has 2 amide bonds. The Labute approximate surface area is 370 Å². The number of sulfonamides is 2. The van der Waals surface area contributed by atoms with Gasteiger partial charge in [0, 0.05) is 48.2 Å². The van der Waals surface area contributed by atoms with Gasteiger partial charge in [0.1, 0.15) is 36.1 Å². The third kappa shape index (κ3) is 9.42. The molecule has 5 aromatic carbocycles. The Morgan fingerprint density at radius 3 is 1.91 bits per heavy atom. The highest BCUT2D eigenvalue weighted by Gasteiger charge is 2.36. The number of carbonyl (C=O) groups is 2. The van der Waals surface area contributed by atoms with Gasteiger partial charge in [-0.2, -0.15) is 4.39 Å². The van der Waals surface area contributed by atoms with Gasteiger partial charge in [0.2, 0.25) is 17.8 Å². The molecule has 1 aliphatic rings. The highest BCUT2D eigenvalue weighted by molar-refractivity contribution is 7.93. The topological polar surface area (TPSA) is 174 Å². The number of ether oxygens (including phenoxy) is 4. The first kappa shape index (κ1) is 44.9. The molecule has 15 nitrogen and oxygen atoms in total. The fourth-order valence-corrected chi connectivity index (χ4v) is 10.3. The Morgan fingerprint density at radius 1 is 0.688 bits per heavy atom. The van der Waals surface area contributed by atoms with Crippen LogP contribution in [0.3, 0.4) is 0 Å². The molecule has 0 aliphatic carbocycles. The van der Waals surface area contributed by atoms with Crippen molar-refractivity contribution in [3.63, 3.8) is 0 Å². The van der Waals surface area contributed by atoms with Crippen LogP contribution in [0.1, 0.15) is 17.0 Å². The van der Waals surface area contributed by atoms with Crippen molar-refractivity contribution in [3.05, 3.63) is 151 Å². The van der Waals surface area contributed by atoms with Gasteiger partial charge in [-0.25, -0.2) is 21.8 Å². The van der Waals surface area contributed by atoms with Gasteiger partial charge in [-0.05, 0) is 78.2 Å². The van der Waals surface area contributed by atoms with E-state index in [1.807, 2.05) is 12.1 Å². The van der Waals surface area contributed by atoms with Gasteiger partial charge in [-0.3, -0.25) is 18.2 Å². The van der Waals surface area contributed by atoms with Crippen LogP contribution in [0, 0.1) is 5.95 Å². The number of fused-ring (bicyclic) bond motifs is 1. The van der Waals surface area contributed by atoms with Crippen LogP contribution in [0.15, 0.2) is 143 Å². The van der Waals surface area contributed by atoms with Gasteiger partial charge in [0.05, 0.1) is 49.6 Å². The summed E-state index contributed by atoms with van der Waals surface area (Å²) in [6.07, 6.45) is 1.56. The molecular weight excluding hydrogens is 866 g/mol. The van der Waals surface area contributed by atoms with Crippen molar-refractivity contribution in [2.75, 3.05) is 66.9 Å². The van der Waals surface area contributed by atoms with Crippen LogP contribution in [0.25, 0.3) is 0 Å². The molecule has 332 valence electrons. The first-order valence-corrected chi connectivity index (χ1v) is 22.6. The lowest BCUT2D eigenvalue weighted by Crippen LogP contribution is -2.46. The van der Waals surface area contributed by atoms with Crippen molar-refractivity contribution in [1.82, 2.24) is 4.98 Å². The third-order valence-electron chi connectivity index (χ3n) is 10.6. The molecule has 0 saturated heterocycles. The van der Waals surface area contributed by atoms with Crippen LogP contribution < -0.4 is 37.8 Å². The second-order valence-electron chi connectivity index (χ2n) is 14.4. The monoisotopic (exact) mass is 909 g/mol. The van der Waals surface area contributed by atoms with Crippen LogP contribution in [-0.4, -0.2) is 81.7 Å². The first-order chi connectivity index (χ1) is 30.8. The standard InChI is InChI=1S/C46H44FN5O10S2/c1-59-35-17-19-42(61-3)40(26-35)51(29-45(53)49-34-21-22-48-44(47)25-34)64(57,58)38-15-10-12-31(24-38)33-23-32-11-8-9-16-39(32)50(28-33)46(54)30-52(63(55,56)37-13-6-5-7-14-37)41-27-36(60-2)18-20-43(41)62-4/h5-22,24-27,33H,23,28-30H2,1-4H3,(H,48,49,53). The fourth-order valence-electron chi connectivity index (χ4n) is 7.43. The predicted molar refractivity (Wildman–Crippen MR) is 239 cm³/mol. The van der Waals surface area contributed by atoms with Gasteiger partial charge in [-0.1, -0.05) is 48.5 Å². The van der Waals surface area contributed by atoms with Crippen molar-refractivity contribution in [1.29, 1.82) is 0 Å². The smallest absolute Gasteiger partial charge is 0.264 e. The van der Waals surface area contributed by atoms with E-state index >= 15 is 0 Å². The lowest BCUT2D eigenvalue weighted by Gasteiger charge is -2.36. The Kier molecular flexibility index (Phi) is 13.4. The number of para-hydroxylation sites is 1. The highest BCUT2D eigenvalue weighted by atomic mass is 32.2. The van der Waals surface area contributed by atoms with E-state index in [4.69, 9.17) is 18.9 Å². The molecular formula is C46H44FN5O10S2. The number of rotatable bonds is 16. The quantitative estimate of drug-likeness (QED) is 0.103. The summed E-state index contributed by atoms with van der Waals surface area (Å²) in [5.74, 6) is -1.75. The molecule has 0 bridgehead atoms. The van der Waals surface area contributed by atoms with Crippen LogP contribution in [-0.2, 0) is 36.1 Å². The number of hydrogen-bond donors (Lipinski definition) is 1. The van der Waals surface area contributed by atoms with Crippen molar-refractivity contribution < 1.29 is 49.8 Å². The first-order valence-electron chi connectivity index (χ1n) is 19.7. The van der Waals surface area contributed by atoms with E-state index in [0.29, 0.717) is 23.4 Å². The average molecular weight is 910 g/mol. The van der Waals surface area contributed by atoms with Crippen molar-refractivity contribution in [2.45, 2.75) is 22.1 Å². The number of aromatic nitrogens is 1. The Bertz CT molecular complexity index is 2900. The minimum absolute atomic E-state index is 0.00523. The second-order valence-corrected chi connectivity index (χ2v) is 18.2. The largest absolute Gasteiger partial charge is 0.497 e. The van der Waals surface area contributed by atoms with E-state index in [9.17, 15) is 30.8 Å². The van der Waals surface area contributed by atoms with Gasteiger partial charge in [0.25, 0.3) is 20.0 Å². The number of hydrogen-bond acceptors (Lipinski definition) is 11. The number of halogens is 1. The van der Waals surface area contributed by atoms with Crippen molar-refractivity contribution in [2.24, 2.45) is 0 Å². The molecule has 1 unspecified atom stereocenters. The van der Waals surface area contributed by atoms with E-state index in [-0.39, 0.29) is 50.6 Å². The fraction of sp³-hybridized carbons (Fsp3) is 0.196. The normalized spacial score (nSPS) is 13.6. The number of carbonyl (C=O) groups excluding carboxylic acids is 2. The van der Waals surface area contributed by atoms with Crippen molar-refractivity contribution >= 4 is 54.6 Å². The molecule has 1 aliphatic heterocycles. The van der Waals surface area contributed by atoms with Crippen LogP contribution >= 0.6 is 0 Å². The highest BCUT2D eigenvalue weighted by Crippen LogP contribution is 2.40. The summed E-state index contributed by atoms with van der Waals surface area (Å²) in [5.41, 5.74) is 2.02. The van der Waals surface area contributed by atoms with Crippen molar-refractivity contribution in [3.8, 4) is 23.0 Å². The SMILES string of the molecule is COc1ccc(OC)c(N(CC(=O)Nc2ccnc(F)c2)S(=O)(=O)c2cccc(C3Cc4ccccc4N(C(=O)CN(c4cc(OC)ccc4OC)S(=O)(=O)c4ccccc4)C3)c2)c1. The number of benzene rings is 5. The number of methoxy groups -OCH3 is 4. The summed E-state index contributed by atoms with van der Waals surface area (Å²) < 4.78 is 96.3. The zero-order valence-corrected chi connectivity index (χ0v) is 36.8. The van der Waals surface area contributed by atoms with Gasteiger partial charge in [0.15, 0.2) is 0 Å². The third-order valence-corrected chi connectivity index (χ3v) is 14.1. The van der Waals surface area contributed by atoms with E-state index < -0.39 is 56.8 Å². The lowest BCUT2D eigenvalue weighted by molar-refractivity contribution is -0.117. The summed E-state index contributed by atoms with van der Waals surface area (Å²) in [7, 11) is -3.35. The molecule has 2 heterocycles. The van der Waals surface area contributed by atoms with Crippen LogP contribution in [0.2, 0.25) is 0 Å². The molecule has 18 heteroatoms. The molecule has 1 aromatic heterocycles. The maximum absolute atomic E-state index is 14.8. The molecule has 0 saturated carbocycles. The van der Waals surface area contributed by atoms with E-state index in [2.05, 4.69) is 10.3 Å². The molecule has 1 atom stereocenters. The minimum Gasteiger partial charge on any atom is -0.497 e. The molecule has 6 aromatic rings. The van der Waals surface area contributed by atoms with Gasteiger partial charge < -0.3 is 29.2 Å².